The lowest BCUT2D eigenvalue weighted by molar-refractivity contribution is 0.185. The fourth-order valence-electron chi connectivity index (χ4n) is 2.89. The van der Waals surface area contributed by atoms with Crippen LogP contribution in [-0.2, 0) is 11.3 Å². The summed E-state index contributed by atoms with van der Waals surface area (Å²) in [4.78, 5) is 0. The van der Waals surface area contributed by atoms with Crippen molar-refractivity contribution in [1.29, 1.82) is 0 Å². The van der Waals surface area contributed by atoms with E-state index in [0.29, 0.717) is 23.9 Å². The molecule has 0 heterocycles. The number of methoxy groups -OCH3 is 1. The van der Waals surface area contributed by atoms with E-state index in [9.17, 15) is 0 Å². The zero-order valence-electron chi connectivity index (χ0n) is 10.4. The first kappa shape index (κ1) is 11.6. The third kappa shape index (κ3) is 1.87. The van der Waals surface area contributed by atoms with Gasteiger partial charge in [0, 0.05) is 7.11 Å². The van der Waals surface area contributed by atoms with Crippen LogP contribution in [-0.4, -0.2) is 13.7 Å². The number of nitrogens with two attached hydrogens (primary N) is 1. The van der Waals surface area contributed by atoms with Crippen LogP contribution in [0, 0.1) is 11.3 Å². The Kier molecular flexibility index (Phi) is 3.04. The fraction of sp³-hybridized carbons (Fsp3) is 0.571. The Morgan fingerprint density at radius 1 is 1.38 bits per heavy atom. The molecule has 0 aromatic heterocycles. The highest BCUT2D eigenvalue weighted by Gasteiger charge is 2.57. The average molecular weight is 219 g/mol. The zero-order valence-corrected chi connectivity index (χ0v) is 10.4. The van der Waals surface area contributed by atoms with Crippen molar-refractivity contribution >= 4 is 0 Å². The summed E-state index contributed by atoms with van der Waals surface area (Å²) < 4.78 is 5.16. The van der Waals surface area contributed by atoms with Crippen LogP contribution >= 0.6 is 0 Å². The molecule has 0 bridgehead atoms. The van der Waals surface area contributed by atoms with Gasteiger partial charge in [-0.2, -0.15) is 0 Å². The van der Waals surface area contributed by atoms with Gasteiger partial charge in [-0.1, -0.05) is 38.1 Å². The quantitative estimate of drug-likeness (QED) is 0.844. The van der Waals surface area contributed by atoms with Gasteiger partial charge in [-0.05, 0) is 34.9 Å². The lowest BCUT2D eigenvalue weighted by Gasteiger charge is -2.06. The minimum Gasteiger partial charge on any atom is -0.380 e. The molecule has 2 N–H and O–H groups in total. The van der Waals surface area contributed by atoms with Crippen LogP contribution in [0.25, 0.3) is 0 Å². The second-order valence-corrected chi connectivity index (χ2v) is 5.32. The molecular weight excluding hydrogens is 198 g/mol. The first-order valence-electron chi connectivity index (χ1n) is 5.89. The van der Waals surface area contributed by atoms with Crippen LogP contribution in [0.2, 0.25) is 0 Å². The molecule has 1 aromatic carbocycles. The molecule has 2 heteroatoms. The lowest BCUT2D eigenvalue weighted by atomic mass is 10.0. The van der Waals surface area contributed by atoms with Crippen molar-refractivity contribution in [2.24, 2.45) is 17.1 Å². The molecule has 1 saturated carbocycles. The van der Waals surface area contributed by atoms with Gasteiger partial charge < -0.3 is 10.5 Å². The minimum absolute atomic E-state index is 0.362. The molecule has 2 unspecified atom stereocenters. The predicted octanol–water partition coefficient (Wildman–Crippen LogP) is 2.53. The van der Waals surface area contributed by atoms with Crippen LogP contribution in [0.3, 0.4) is 0 Å². The second kappa shape index (κ2) is 4.19. The molecule has 2 nitrogen and oxygen atoms in total. The first-order valence-corrected chi connectivity index (χ1v) is 5.89. The smallest absolute Gasteiger partial charge is 0.0713 e. The van der Waals surface area contributed by atoms with Crippen molar-refractivity contribution in [3.05, 3.63) is 35.4 Å². The Balaban J connectivity index is 2.19. The van der Waals surface area contributed by atoms with Crippen molar-refractivity contribution in [1.82, 2.24) is 0 Å². The van der Waals surface area contributed by atoms with Gasteiger partial charge in [0.15, 0.2) is 0 Å². The standard InChI is InChI=1S/C14H21NO/c1-14(2)12(8-15)13(14)11-6-4-5-10(7-11)9-16-3/h4-7,12-13H,8-9,15H2,1-3H3. The van der Waals surface area contributed by atoms with Crippen LogP contribution in [0.15, 0.2) is 24.3 Å². The summed E-state index contributed by atoms with van der Waals surface area (Å²) in [5, 5.41) is 0. The molecule has 16 heavy (non-hydrogen) atoms. The number of ether oxygens (including phenoxy) is 1. The van der Waals surface area contributed by atoms with Crippen LogP contribution in [0.4, 0.5) is 0 Å². The maximum Gasteiger partial charge on any atom is 0.0713 e. The second-order valence-electron chi connectivity index (χ2n) is 5.32. The van der Waals surface area contributed by atoms with Gasteiger partial charge in [0.2, 0.25) is 0 Å². The SMILES string of the molecule is COCc1cccc(C2C(CN)C2(C)C)c1. The highest BCUT2D eigenvalue weighted by molar-refractivity contribution is 5.34. The summed E-state index contributed by atoms with van der Waals surface area (Å²) in [5.74, 6) is 1.25. The number of hydrogen-bond donors (Lipinski definition) is 1. The molecular formula is C14H21NO. The van der Waals surface area contributed by atoms with Gasteiger partial charge in [0.05, 0.1) is 6.61 Å². The largest absolute Gasteiger partial charge is 0.380 e. The van der Waals surface area contributed by atoms with Crippen LogP contribution < -0.4 is 5.73 Å². The Bertz CT molecular complexity index is 373. The Morgan fingerprint density at radius 2 is 2.12 bits per heavy atom. The molecule has 0 saturated heterocycles. The number of benzene rings is 1. The van der Waals surface area contributed by atoms with E-state index >= 15 is 0 Å². The molecule has 1 fully saturated rings. The average Bonchev–Trinajstić information content (AvgIpc) is 2.81. The van der Waals surface area contributed by atoms with Crippen molar-refractivity contribution < 1.29 is 4.74 Å². The van der Waals surface area contributed by atoms with E-state index in [1.165, 1.54) is 11.1 Å². The monoisotopic (exact) mass is 219 g/mol. The summed E-state index contributed by atoms with van der Waals surface area (Å²) in [6.07, 6.45) is 0. The molecule has 2 rings (SSSR count). The van der Waals surface area contributed by atoms with E-state index in [1.54, 1.807) is 7.11 Å². The van der Waals surface area contributed by atoms with Gasteiger partial charge in [-0.15, -0.1) is 0 Å². The van der Waals surface area contributed by atoms with Crippen LogP contribution in [0.1, 0.15) is 30.9 Å². The summed E-state index contributed by atoms with van der Waals surface area (Å²) in [6, 6.07) is 8.69. The van der Waals surface area contributed by atoms with Gasteiger partial charge in [0.25, 0.3) is 0 Å². The normalized spacial score (nSPS) is 26.8. The molecule has 1 aliphatic carbocycles. The Hall–Kier alpha value is -0.860. The molecule has 0 amide bonds. The summed E-state index contributed by atoms with van der Waals surface area (Å²) in [5.41, 5.74) is 8.83. The number of rotatable bonds is 4. The Labute approximate surface area is 97.8 Å². The van der Waals surface area contributed by atoms with Gasteiger partial charge in [0.1, 0.15) is 0 Å². The third-order valence-electron chi connectivity index (χ3n) is 3.93. The summed E-state index contributed by atoms with van der Waals surface area (Å²) in [7, 11) is 1.73. The van der Waals surface area contributed by atoms with Gasteiger partial charge >= 0.3 is 0 Å². The molecule has 2 atom stereocenters. The molecule has 1 aliphatic rings. The van der Waals surface area contributed by atoms with E-state index in [4.69, 9.17) is 10.5 Å². The minimum atomic E-state index is 0.362. The van der Waals surface area contributed by atoms with Crippen LogP contribution in [0.5, 0.6) is 0 Å². The van der Waals surface area contributed by atoms with Gasteiger partial charge in [-0.25, -0.2) is 0 Å². The van der Waals surface area contributed by atoms with Crippen molar-refractivity contribution in [2.75, 3.05) is 13.7 Å². The first-order chi connectivity index (χ1) is 7.61. The van der Waals surface area contributed by atoms with E-state index in [1.807, 2.05) is 0 Å². The highest BCUT2D eigenvalue weighted by Crippen LogP contribution is 2.63. The van der Waals surface area contributed by atoms with Crippen molar-refractivity contribution in [3.8, 4) is 0 Å². The Morgan fingerprint density at radius 3 is 2.69 bits per heavy atom. The summed E-state index contributed by atoms with van der Waals surface area (Å²) >= 11 is 0. The number of hydrogen-bond acceptors (Lipinski definition) is 2. The topological polar surface area (TPSA) is 35.2 Å². The van der Waals surface area contributed by atoms with E-state index < -0.39 is 0 Å². The highest BCUT2D eigenvalue weighted by atomic mass is 16.5. The maximum absolute atomic E-state index is 5.81. The predicted molar refractivity (Wildman–Crippen MR) is 66.2 cm³/mol. The summed E-state index contributed by atoms with van der Waals surface area (Å²) in [6.45, 7) is 6.08. The van der Waals surface area contributed by atoms with Crippen molar-refractivity contribution in [3.63, 3.8) is 0 Å². The van der Waals surface area contributed by atoms with Gasteiger partial charge in [-0.3, -0.25) is 0 Å². The molecule has 0 aliphatic heterocycles. The van der Waals surface area contributed by atoms with Crippen molar-refractivity contribution in [2.45, 2.75) is 26.4 Å². The van der Waals surface area contributed by atoms with E-state index in [-0.39, 0.29) is 0 Å². The zero-order chi connectivity index (χ0) is 11.8. The van der Waals surface area contributed by atoms with E-state index in [2.05, 4.69) is 38.1 Å². The van der Waals surface area contributed by atoms with E-state index in [0.717, 1.165) is 6.54 Å². The fourth-order valence-corrected chi connectivity index (χ4v) is 2.89. The maximum atomic E-state index is 5.81. The molecule has 88 valence electrons. The third-order valence-corrected chi connectivity index (χ3v) is 3.93. The molecule has 0 spiro atoms. The lowest BCUT2D eigenvalue weighted by Crippen LogP contribution is -2.05. The molecule has 1 aromatic rings. The molecule has 0 radical (unpaired) electrons.